The predicted octanol–water partition coefficient (Wildman–Crippen LogP) is 4.08. The minimum absolute atomic E-state index is 0.164. The van der Waals surface area contributed by atoms with Gasteiger partial charge in [-0.3, -0.25) is 0 Å². The zero-order valence-corrected chi connectivity index (χ0v) is 10.8. The predicted molar refractivity (Wildman–Crippen MR) is 74.7 cm³/mol. The standard InChI is InChI=1S/C15H17FN2/c1-9-4-7-15(11(3)10(9)2)18-12-5-6-14(17)13(16)8-12/h4-8,18H,17H2,1-3H3. The van der Waals surface area contributed by atoms with Crippen LogP contribution in [0.5, 0.6) is 0 Å². The Morgan fingerprint density at radius 1 is 1.00 bits per heavy atom. The molecule has 0 unspecified atom stereocenters. The number of nitrogen functional groups attached to an aromatic ring is 1. The maximum atomic E-state index is 13.4. The molecule has 0 aliphatic carbocycles. The van der Waals surface area contributed by atoms with E-state index in [4.69, 9.17) is 5.73 Å². The summed E-state index contributed by atoms with van der Waals surface area (Å²) < 4.78 is 13.4. The van der Waals surface area contributed by atoms with Crippen molar-refractivity contribution in [2.45, 2.75) is 20.8 Å². The molecular weight excluding hydrogens is 227 g/mol. The molecule has 0 radical (unpaired) electrons. The molecule has 0 aromatic heterocycles. The molecule has 0 bridgehead atoms. The van der Waals surface area contributed by atoms with E-state index in [2.05, 4.69) is 32.2 Å². The Kier molecular flexibility index (Phi) is 3.24. The molecule has 2 nitrogen and oxygen atoms in total. The van der Waals surface area contributed by atoms with Crippen molar-refractivity contribution in [1.29, 1.82) is 0 Å². The highest BCUT2D eigenvalue weighted by atomic mass is 19.1. The Hall–Kier alpha value is -2.03. The molecule has 0 aliphatic heterocycles. The number of benzene rings is 2. The van der Waals surface area contributed by atoms with Crippen LogP contribution in [0.3, 0.4) is 0 Å². The second-order valence-electron chi connectivity index (χ2n) is 4.54. The van der Waals surface area contributed by atoms with E-state index in [-0.39, 0.29) is 5.69 Å². The molecule has 0 aliphatic rings. The second-order valence-corrected chi connectivity index (χ2v) is 4.54. The van der Waals surface area contributed by atoms with Crippen molar-refractivity contribution < 1.29 is 4.39 Å². The van der Waals surface area contributed by atoms with Crippen LogP contribution in [0, 0.1) is 26.6 Å². The summed E-state index contributed by atoms with van der Waals surface area (Å²) in [6.07, 6.45) is 0. The molecular formula is C15H17FN2. The maximum Gasteiger partial charge on any atom is 0.148 e. The lowest BCUT2D eigenvalue weighted by Gasteiger charge is -2.13. The summed E-state index contributed by atoms with van der Waals surface area (Å²) in [5.74, 6) is -0.401. The molecule has 3 N–H and O–H groups in total. The SMILES string of the molecule is Cc1ccc(Nc2ccc(N)c(F)c2)c(C)c1C. The van der Waals surface area contributed by atoms with Gasteiger partial charge in [0.25, 0.3) is 0 Å². The molecule has 2 aromatic rings. The number of rotatable bonds is 2. The van der Waals surface area contributed by atoms with Crippen molar-refractivity contribution in [2.75, 3.05) is 11.1 Å². The van der Waals surface area contributed by atoms with Crippen molar-refractivity contribution in [3.05, 3.63) is 52.8 Å². The van der Waals surface area contributed by atoms with Crippen LogP contribution in [0.1, 0.15) is 16.7 Å². The average Bonchev–Trinajstić information content (AvgIpc) is 2.34. The third kappa shape index (κ3) is 2.30. The average molecular weight is 244 g/mol. The van der Waals surface area contributed by atoms with Gasteiger partial charge >= 0.3 is 0 Å². The van der Waals surface area contributed by atoms with E-state index in [9.17, 15) is 4.39 Å². The van der Waals surface area contributed by atoms with Gasteiger partial charge in [0.1, 0.15) is 5.82 Å². The maximum absolute atomic E-state index is 13.4. The van der Waals surface area contributed by atoms with Gasteiger partial charge in [-0.1, -0.05) is 6.07 Å². The minimum Gasteiger partial charge on any atom is -0.396 e. The highest BCUT2D eigenvalue weighted by Gasteiger charge is 2.05. The quantitative estimate of drug-likeness (QED) is 0.781. The molecule has 18 heavy (non-hydrogen) atoms. The molecule has 0 fully saturated rings. The summed E-state index contributed by atoms with van der Waals surface area (Å²) in [5, 5.41) is 3.21. The van der Waals surface area contributed by atoms with Crippen molar-refractivity contribution >= 4 is 17.1 Å². The van der Waals surface area contributed by atoms with Gasteiger partial charge in [-0.25, -0.2) is 4.39 Å². The summed E-state index contributed by atoms with van der Waals surface area (Å²) in [5.41, 5.74) is 11.0. The molecule has 2 aromatic carbocycles. The number of nitrogens with two attached hydrogens (primary N) is 1. The van der Waals surface area contributed by atoms with E-state index in [0.717, 1.165) is 5.69 Å². The van der Waals surface area contributed by atoms with Crippen molar-refractivity contribution in [3.63, 3.8) is 0 Å². The van der Waals surface area contributed by atoms with Crippen LogP contribution in [0.4, 0.5) is 21.5 Å². The molecule has 0 atom stereocenters. The number of hydrogen-bond acceptors (Lipinski definition) is 2. The molecule has 0 heterocycles. The van der Waals surface area contributed by atoms with E-state index in [1.54, 1.807) is 12.1 Å². The largest absolute Gasteiger partial charge is 0.396 e. The second kappa shape index (κ2) is 4.69. The molecule has 0 amide bonds. The van der Waals surface area contributed by atoms with Crippen LogP contribution in [-0.2, 0) is 0 Å². The fourth-order valence-electron chi connectivity index (χ4n) is 1.85. The smallest absolute Gasteiger partial charge is 0.148 e. The van der Waals surface area contributed by atoms with Gasteiger partial charge in [0.2, 0.25) is 0 Å². The van der Waals surface area contributed by atoms with Crippen LogP contribution in [0.25, 0.3) is 0 Å². The summed E-state index contributed by atoms with van der Waals surface area (Å²) in [6, 6.07) is 8.80. The normalized spacial score (nSPS) is 10.4. The fraction of sp³-hybridized carbons (Fsp3) is 0.200. The molecule has 0 saturated heterocycles. The minimum atomic E-state index is -0.401. The molecule has 3 heteroatoms. The lowest BCUT2D eigenvalue weighted by Crippen LogP contribution is -1.98. The Balaban J connectivity index is 2.34. The van der Waals surface area contributed by atoms with Crippen LogP contribution in [0.2, 0.25) is 0 Å². The Bertz CT molecular complexity index is 591. The number of aryl methyl sites for hydroxylation is 1. The molecule has 94 valence electrons. The summed E-state index contributed by atoms with van der Waals surface area (Å²) in [6.45, 7) is 6.22. The summed E-state index contributed by atoms with van der Waals surface area (Å²) >= 11 is 0. The van der Waals surface area contributed by atoms with Gasteiger partial charge in [0.05, 0.1) is 5.69 Å². The Labute approximate surface area is 107 Å². The third-order valence-corrected chi connectivity index (χ3v) is 3.34. The monoisotopic (exact) mass is 244 g/mol. The fourth-order valence-corrected chi connectivity index (χ4v) is 1.85. The zero-order valence-electron chi connectivity index (χ0n) is 10.8. The Morgan fingerprint density at radius 2 is 1.72 bits per heavy atom. The third-order valence-electron chi connectivity index (χ3n) is 3.34. The van der Waals surface area contributed by atoms with Crippen LogP contribution >= 0.6 is 0 Å². The first kappa shape index (κ1) is 12.4. The highest BCUT2D eigenvalue weighted by Crippen LogP contribution is 2.26. The number of halogens is 1. The van der Waals surface area contributed by atoms with Crippen molar-refractivity contribution in [2.24, 2.45) is 0 Å². The van der Waals surface area contributed by atoms with Gasteiger partial charge in [0, 0.05) is 11.4 Å². The van der Waals surface area contributed by atoms with Gasteiger partial charge in [-0.2, -0.15) is 0 Å². The number of hydrogen-bond donors (Lipinski definition) is 2. The Morgan fingerprint density at radius 3 is 2.39 bits per heavy atom. The first-order valence-corrected chi connectivity index (χ1v) is 5.88. The summed E-state index contributed by atoms with van der Waals surface area (Å²) in [4.78, 5) is 0. The molecule has 0 spiro atoms. The van der Waals surface area contributed by atoms with Gasteiger partial charge in [0.15, 0.2) is 0 Å². The van der Waals surface area contributed by atoms with Gasteiger partial charge < -0.3 is 11.1 Å². The topological polar surface area (TPSA) is 38.0 Å². The van der Waals surface area contributed by atoms with Crippen molar-refractivity contribution in [3.8, 4) is 0 Å². The highest BCUT2D eigenvalue weighted by molar-refractivity contribution is 5.66. The zero-order chi connectivity index (χ0) is 13.3. The van der Waals surface area contributed by atoms with E-state index >= 15 is 0 Å². The molecule has 0 saturated carbocycles. The van der Waals surface area contributed by atoms with E-state index in [1.165, 1.54) is 22.8 Å². The number of anilines is 3. The first-order chi connectivity index (χ1) is 8.49. The van der Waals surface area contributed by atoms with Crippen molar-refractivity contribution in [1.82, 2.24) is 0 Å². The van der Waals surface area contributed by atoms with Crippen LogP contribution in [0.15, 0.2) is 30.3 Å². The lowest BCUT2D eigenvalue weighted by atomic mass is 10.0. The lowest BCUT2D eigenvalue weighted by molar-refractivity contribution is 0.633. The van der Waals surface area contributed by atoms with Gasteiger partial charge in [-0.15, -0.1) is 0 Å². The van der Waals surface area contributed by atoms with Gasteiger partial charge in [-0.05, 0) is 61.7 Å². The van der Waals surface area contributed by atoms with Crippen LogP contribution < -0.4 is 11.1 Å². The number of nitrogens with one attached hydrogen (secondary N) is 1. The van der Waals surface area contributed by atoms with E-state index in [1.807, 2.05) is 6.07 Å². The summed E-state index contributed by atoms with van der Waals surface area (Å²) in [7, 11) is 0. The van der Waals surface area contributed by atoms with Crippen LogP contribution in [-0.4, -0.2) is 0 Å². The van der Waals surface area contributed by atoms with E-state index < -0.39 is 5.82 Å². The first-order valence-electron chi connectivity index (χ1n) is 5.88. The van der Waals surface area contributed by atoms with E-state index in [0.29, 0.717) is 5.69 Å². The molecule has 2 rings (SSSR count).